The molecule has 1 aromatic rings. The molecule has 1 saturated heterocycles. The molecule has 0 bridgehead atoms. The van der Waals surface area contributed by atoms with Crippen molar-refractivity contribution in [2.75, 3.05) is 26.2 Å². The van der Waals surface area contributed by atoms with E-state index in [9.17, 15) is 9.18 Å². The molecule has 0 radical (unpaired) electrons. The SMILES string of the molecule is O=C(NCCN1CCCCCC1)c1ccc(F)nc1. The molecule has 0 atom stereocenters. The third kappa shape index (κ3) is 4.59. The van der Waals surface area contributed by atoms with Crippen LogP contribution in [0.5, 0.6) is 0 Å². The molecule has 19 heavy (non-hydrogen) atoms. The molecule has 0 saturated carbocycles. The summed E-state index contributed by atoms with van der Waals surface area (Å²) in [7, 11) is 0. The van der Waals surface area contributed by atoms with Crippen molar-refractivity contribution in [1.29, 1.82) is 0 Å². The molecule has 1 N–H and O–H groups in total. The van der Waals surface area contributed by atoms with Crippen LogP contribution in [-0.4, -0.2) is 42.0 Å². The zero-order valence-corrected chi connectivity index (χ0v) is 11.1. The highest BCUT2D eigenvalue weighted by Gasteiger charge is 2.10. The predicted molar refractivity (Wildman–Crippen MR) is 71.4 cm³/mol. The number of carbonyl (C=O) groups is 1. The van der Waals surface area contributed by atoms with Crippen molar-refractivity contribution < 1.29 is 9.18 Å². The van der Waals surface area contributed by atoms with Crippen LogP contribution in [0.4, 0.5) is 4.39 Å². The first kappa shape index (κ1) is 13.9. The van der Waals surface area contributed by atoms with E-state index in [2.05, 4.69) is 15.2 Å². The quantitative estimate of drug-likeness (QED) is 0.845. The summed E-state index contributed by atoms with van der Waals surface area (Å²) in [5, 5.41) is 2.84. The molecular weight excluding hydrogens is 245 g/mol. The van der Waals surface area contributed by atoms with E-state index in [1.54, 1.807) is 0 Å². The molecule has 1 fully saturated rings. The molecule has 104 valence electrons. The Balaban J connectivity index is 1.72. The van der Waals surface area contributed by atoms with Gasteiger partial charge in [-0.25, -0.2) is 4.98 Å². The summed E-state index contributed by atoms with van der Waals surface area (Å²) in [4.78, 5) is 17.6. The maximum atomic E-state index is 12.6. The highest BCUT2D eigenvalue weighted by molar-refractivity contribution is 5.93. The summed E-state index contributed by atoms with van der Waals surface area (Å²) in [5.41, 5.74) is 0.400. The van der Waals surface area contributed by atoms with E-state index >= 15 is 0 Å². The highest BCUT2D eigenvalue weighted by atomic mass is 19.1. The van der Waals surface area contributed by atoms with Gasteiger partial charge < -0.3 is 10.2 Å². The summed E-state index contributed by atoms with van der Waals surface area (Å²) >= 11 is 0. The van der Waals surface area contributed by atoms with Crippen molar-refractivity contribution in [3.05, 3.63) is 29.8 Å². The van der Waals surface area contributed by atoms with Crippen molar-refractivity contribution in [3.63, 3.8) is 0 Å². The van der Waals surface area contributed by atoms with Gasteiger partial charge in [0.05, 0.1) is 5.56 Å². The van der Waals surface area contributed by atoms with Crippen molar-refractivity contribution in [3.8, 4) is 0 Å². The van der Waals surface area contributed by atoms with Crippen LogP contribution in [0.15, 0.2) is 18.3 Å². The zero-order chi connectivity index (χ0) is 13.5. The van der Waals surface area contributed by atoms with Gasteiger partial charge in [-0.15, -0.1) is 0 Å². The number of pyridine rings is 1. The highest BCUT2D eigenvalue weighted by Crippen LogP contribution is 2.08. The van der Waals surface area contributed by atoms with Gasteiger partial charge in [-0.1, -0.05) is 12.8 Å². The van der Waals surface area contributed by atoms with Crippen molar-refractivity contribution in [2.24, 2.45) is 0 Å². The molecule has 2 rings (SSSR count). The average molecular weight is 265 g/mol. The van der Waals surface area contributed by atoms with E-state index in [1.165, 1.54) is 44.0 Å². The average Bonchev–Trinajstić information content (AvgIpc) is 2.68. The van der Waals surface area contributed by atoms with E-state index < -0.39 is 5.95 Å². The van der Waals surface area contributed by atoms with Gasteiger partial charge in [0.2, 0.25) is 5.95 Å². The lowest BCUT2D eigenvalue weighted by Gasteiger charge is -2.19. The summed E-state index contributed by atoms with van der Waals surface area (Å²) in [6.07, 6.45) is 6.37. The molecule has 0 aromatic carbocycles. The Morgan fingerprint density at radius 3 is 2.63 bits per heavy atom. The van der Waals surface area contributed by atoms with Gasteiger partial charge in [0, 0.05) is 19.3 Å². The number of hydrogen-bond donors (Lipinski definition) is 1. The minimum absolute atomic E-state index is 0.192. The number of carbonyl (C=O) groups excluding carboxylic acids is 1. The topological polar surface area (TPSA) is 45.2 Å². The van der Waals surface area contributed by atoms with Crippen LogP contribution < -0.4 is 5.32 Å². The van der Waals surface area contributed by atoms with Crippen LogP contribution >= 0.6 is 0 Å². The van der Waals surface area contributed by atoms with Crippen LogP contribution in [0, 0.1) is 5.95 Å². The molecule has 1 aliphatic rings. The molecule has 1 amide bonds. The number of rotatable bonds is 4. The van der Waals surface area contributed by atoms with Crippen molar-refractivity contribution in [2.45, 2.75) is 25.7 Å². The smallest absolute Gasteiger partial charge is 0.252 e. The van der Waals surface area contributed by atoms with Crippen LogP contribution in [0.1, 0.15) is 36.0 Å². The Morgan fingerprint density at radius 1 is 1.26 bits per heavy atom. The third-order valence-electron chi connectivity index (χ3n) is 3.40. The number of halogens is 1. The van der Waals surface area contributed by atoms with Gasteiger partial charge >= 0.3 is 0 Å². The van der Waals surface area contributed by atoms with Gasteiger partial charge in [-0.3, -0.25) is 4.79 Å². The fourth-order valence-corrected chi connectivity index (χ4v) is 2.30. The monoisotopic (exact) mass is 265 g/mol. The second kappa shape index (κ2) is 7.19. The molecule has 5 heteroatoms. The summed E-state index contributed by atoms with van der Waals surface area (Å²) in [6, 6.07) is 2.65. The standard InChI is InChI=1S/C14H20FN3O/c15-13-6-5-12(11-17-13)14(19)16-7-10-18-8-3-1-2-4-9-18/h5-6,11H,1-4,7-10H2,(H,16,19). The fraction of sp³-hybridized carbons (Fsp3) is 0.571. The van der Waals surface area contributed by atoms with Crippen LogP contribution in [0.25, 0.3) is 0 Å². The Morgan fingerprint density at radius 2 is 2.00 bits per heavy atom. The van der Waals surface area contributed by atoms with Crippen LogP contribution in [-0.2, 0) is 0 Å². The van der Waals surface area contributed by atoms with E-state index in [-0.39, 0.29) is 5.91 Å². The largest absolute Gasteiger partial charge is 0.351 e. The van der Waals surface area contributed by atoms with Crippen molar-refractivity contribution in [1.82, 2.24) is 15.2 Å². The molecule has 2 heterocycles. The first-order valence-corrected chi connectivity index (χ1v) is 6.88. The lowest BCUT2D eigenvalue weighted by Crippen LogP contribution is -2.35. The summed E-state index contributed by atoms with van der Waals surface area (Å²) in [5.74, 6) is -0.761. The lowest BCUT2D eigenvalue weighted by atomic mass is 10.2. The summed E-state index contributed by atoms with van der Waals surface area (Å²) < 4.78 is 12.6. The number of nitrogens with zero attached hydrogens (tertiary/aromatic N) is 2. The number of hydrogen-bond acceptors (Lipinski definition) is 3. The second-order valence-electron chi connectivity index (χ2n) is 4.88. The first-order valence-electron chi connectivity index (χ1n) is 6.88. The molecular formula is C14H20FN3O. The lowest BCUT2D eigenvalue weighted by molar-refractivity contribution is 0.0948. The maximum Gasteiger partial charge on any atom is 0.252 e. The Labute approximate surface area is 113 Å². The van der Waals surface area contributed by atoms with Gasteiger partial charge in [-0.2, -0.15) is 4.39 Å². The van der Waals surface area contributed by atoms with Gasteiger partial charge in [0.15, 0.2) is 0 Å². The van der Waals surface area contributed by atoms with E-state index in [1.807, 2.05) is 0 Å². The van der Waals surface area contributed by atoms with Crippen LogP contribution in [0.3, 0.4) is 0 Å². The number of nitrogens with one attached hydrogen (secondary N) is 1. The Bertz CT molecular complexity index is 400. The number of amides is 1. The maximum absolute atomic E-state index is 12.6. The first-order chi connectivity index (χ1) is 9.25. The van der Waals surface area contributed by atoms with Crippen LogP contribution in [0.2, 0.25) is 0 Å². The van der Waals surface area contributed by atoms with Crippen molar-refractivity contribution >= 4 is 5.91 Å². The Hall–Kier alpha value is -1.49. The zero-order valence-electron chi connectivity index (χ0n) is 11.1. The second-order valence-corrected chi connectivity index (χ2v) is 4.88. The molecule has 1 aliphatic heterocycles. The Kier molecular flexibility index (Phi) is 5.27. The molecule has 1 aromatic heterocycles. The predicted octanol–water partition coefficient (Wildman–Crippen LogP) is 1.83. The van der Waals surface area contributed by atoms with E-state index in [0.29, 0.717) is 12.1 Å². The molecule has 0 aliphatic carbocycles. The number of likely N-dealkylation sites (tertiary alicyclic amines) is 1. The van der Waals surface area contributed by atoms with Gasteiger partial charge in [-0.05, 0) is 38.1 Å². The molecule has 4 nitrogen and oxygen atoms in total. The normalized spacial score (nSPS) is 16.9. The molecule has 0 unspecified atom stereocenters. The fourth-order valence-electron chi connectivity index (χ4n) is 2.30. The minimum atomic E-state index is -0.568. The van der Waals surface area contributed by atoms with Gasteiger partial charge in [0.1, 0.15) is 0 Å². The third-order valence-corrected chi connectivity index (χ3v) is 3.40. The number of aromatic nitrogens is 1. The van der Waals surface area contributed by atoms with Gasteiger partial charge in [0.25, 0.3) is 5.91 Å². The molecule has 0 spiro atoms. The van der Waals surface area contributed by atoms with E-state index in [4.69, 9.17) is 0 Å². The van der Waals surface area contributed by atoms with E-state index in [0.717, 1.165) is 19.6 Å². The minimum Gasteiger partial charge on any atom is -0.351 e. The summed E-state index contributed by atoms with van der Waals surface area (Å²) in [6.45, 7) is 3.73.